The van der Waals surface area contributed by atoms with Gasteiger partial charge < -0.3 is 15.4 Å². The standard InChI is InChI=1S/C22H24N2O3S/c25-12-17-16(7-8-23-17)22(27)21-20(19(28)11-24-21)18(26)6-5-13-9-14-3-1-2-4-15(14)10-13/h1-4,9,12,16-17,20-21,23-24H,5-8,10-11H2/t16?,17-,20?,21+/m1/s1. The van der Waals surface area contributed by atoms with Crippen LogP contribution in [0.3, 0.4) is 0 Å². The second-order valence-corrected chi connectivity index (χ2v) is 8.38. The maximum absolute atomic E-state index is 13.0. The third-order valence-corrected chi connectivity index (χ3v) is 6.53. The normalized spacial score (nSPS) is 28.9. The molecule has 2 aliphatic heterocycles. The topological polar surface area (TPSA) is 75.3 Å². The molecule has 0 bridgehead atoms. The molecule has 3 aliphatic rings. The number of thiocarbonyl (C=S) groups is 1. The minimum absolute atomic E-state index is 0.0267. The van der Waals surface area contributed by atoms with E-state index >= 15 is 0 Å². The Morgan fingerprint density at radius 2 is 2.04 bits per heavy atom. The van der Waals surface area contributed by atoms with Crippen molar-refractivity contribution in [1.29, 1.82) is 0 Å². The summed E-state index contributed by atoms with van der Waals surface area (Å²) in [5.74, 6) is -0.968. The van der Waals surface area contributed by atoms with Gasteiger partial charge >= 0.3 is 0 Å². The zero-order valence-electron chi connectivity index (χ0n) is 15.6. The number of carbonyl (C=O) groups excluding carboxylic acids is 3. The first kappa shape index (κ1) is 19.3. The highest BCUT2D eigenvalue weighted by molar-refractivity contribution is 7.80. The molecule has 0 radical (unpaired) electrons. The molecular weight excluding hydrogens is 372 g/mol. The minimum Gasteiger partial charge on any atom is -0.307 e. The molecule has 0 amide bonds. The summed E-state index contributed by atoms with van der Waals surface area (Å²) in [6.07, 6.45) is 5.54. The maximum atomic E-state index is 13.0. The highest BCUT2D eigenvalue weighted by Gasteiger charge is 2.45. The van der Waals surface area contributed by atoms with Crippen molar-refractivity contribution in [1.82, 2.24) is 10.6 Å². The van der Waals surface area contributed by atoms with Crippen molar-refractivity contribution >= 4 is 41.0 Å². The van der Waals surface area contributed by atoms with Crippen molar-refractivity contribution in [2.45, 2.75) is 37.8 Å². The fraction of sp³-hybridized carbons (Fsp3) is 0.455. The molecule has 28 heavy (non-hydrogen) atoms. The van der Waals surface area contributed by atoms with Gasteiger partial charge in [0.2, 0.25) is 0 Å². The second-order valence-electron chi connectivity index (χ2n) is 7.86. The van der Waals surface area contributed by atoms with Gasteiger partial charge in [-0.15, -0.1) is 0 Å². The predicted octanol–water partition coefficient (Wildman–Crippen LogP) is 1.68. The van der Waals surface area contributed by atoms with Crippen LogP contribution >= 0.6 is 12.2 Å². The summed E-state index contributed by atoms with van der Waals surface area (Å²) in [7, 11) is 0. The van der Waals surface area contributed by atoms with Crippen LogP contribution in [-0.2, 0) is 20.8 Å². The zero-order chi connectivity index (χ0) is 19.7. The van der Waals surface area contributed by atoms with Gasteiger partial charge in [0.1, 0.15) is 12.1 Å². The van der Waals surface area contributed by atoms with Crippen molar-refractivity contribution in [3.8, 4) is 0 Å². The summed E-state index contributed by atoms with van der Waals surface area (Å²) in [6, 6.07) is 7.21. The van der Waals surface area contributed by atoms with Crippen molar-refractivity contribution in [3.05, 3.63) is 41.0 Å². The molecule has 2 unspecified atom stereocenters. The van der Waals surface area contributed by atoms with Gasteiger partial charge in [-0.25, -0.2) is 0 Å². The average molecular weight is 397 g/mol. The lowest BCUT2D eigenvalue weighted by molar-refractivity contribution is -0.130. The molecule has 4 atom stereocenters. The van der Waals surface area contributed by atoms with Gasteiger partial charge in [0.25, 0.3) is 0 Å². The number of hydrogen-bond donors (Lipinski definition) is 2. The van der Waals surface area contributed by atoms with E-state index in [4.69, 9.17) is 12.2 Å². The number of benzene rings is 1. The van der Waals surface area contributed by atoms with Crippen LogP contribution in [-0.4, -0.2) is 47.9 Å². The maximum Gasteiger partial charge on any atom is 0.155 e. The monoisotopic (exact) mass is 396 g/mol. The molecule has 4 rings (SSSR count). The van der Waals surface area contributed by atoms with Crippen molar-refractivity contribution in [2.75, 3.05) is 13.1 Å². The molecule has 5 nitrogen and oxygen atoms in total. The molecule has 0 spiro atoms. The Morgan fingerprint density at radius 1 is 1.21 bits per heavy atom. The van der Waals surface area contributed by atoms with E-state index in [1.54, 1.807) is 0 Å². The number of nitrogens with one attached hydrogen (secondary N) is 2. The van der Waals surface area contributed by atoms with E-state index < -0.39 is 18.0 Å². The zero-order valence-corrected chi connectivity index (χ0v) is 16.5. The van der Waals surface area contributed by atoms with E-state index in [1.807, 2.05) is 12.1 Å². The third kappa shape index (κ3) is 3.64. The molecule has 1 aromatic carbocycles. The van der Waals surface area contributed by atoms with Gasteiger partial charge in [-0.3, -0.25) is 9.59 Å². The molecule has 2 fully saturated rings. The Hall–Kier alpha value is -2.02. The SMILES string of the molecule is O=C[C@H]1NCCC1C(=O)[C@H]1NCC(=S)C1C(=O)CCC1=Cc2ccccc2C1. The van der Waals surface area contributed by atoms with Crippen LogP contribution in [0.5, 0.6) is 0 Å². The second kappa shape index (κ2) is 8.15. The van der Waals surface area contributed by atoms with Crippen LogP contribution in [0.4, 0.5) is 0 Å². The predicted molar refractivity (Wildman–Crippen MR) is 111 cm³/mol. The van der Waals surface area contributed by atoms with E-state index in [2.05, 4.69) is 28.8 Å². The van der Waals surface area contributed by atoms with Crippen molar-refractivity contribution < 1.29 is 14.4 Å². The number of Topliss-reactive ketones (excluding diaryl/α,β-unsaturated/α-hetero) is 2. The molecule has 0 saturated carbocycles. The average Bonchev–Trinajstić information content (AvgIpc) is 3.42. The van der Waals surface area contributed by atoms with Crippen LogP contribution < -0.4 is 10.6 Å². The fourth-order valence-corrected chi connectivity index (χ4v) is 4.98. The lowest BCUT2D eigenvalue weighted by Gasteiger charge is -2.22. The first-order valence-electron chi connectivity index (χ1n) is 9.87. The van der Waals surface area contributed by atoms with Gasteiger partial charge in [0, 0.05) is 23.7 Å². The van der Waals surface area contributed by atoms with Gasteiger partial charge in [0.15, 0.2) is 5.78 Å². The number of carbonyl (C=O) groups is 3. The Kier molecular flexibility index (Phi) is 5.62. The van der Waals surface area contributed by atoms with Gasteiger partial charge in [-0.2, -0.15) is 0 Å². The Labute approximate surface area is 170 Å². The molecular formula is C22H24N2O3S. The Bertz CT molecular complexity index is 863. The van der Waals surface area contributed by atoms with Crippen LogP contribution in [0.2, 0.25) is 0 Å². The van der Waals surface area contributed by atoms with Crippen molar-refractivity contribution in [3.63, 3.8) is 0 Å². The van der Waals surface area contributed by atoms with E-state index in [0.717, 1.165) is 12.7 Å². The van der Waals surface area contributed by atoms with E-state index in [-0.39, 0.29) is 17.5 Å². The molecule has 2 saturated heterocycles. The lowest BCUT2D eigenvalue weighted by atomic mass is 9.83. The largest absolute Gasteiger partial charge is 0.307 e. The van der Waals surface area contributed by atoms with Crippen LogP contribution in [0, 0.1) is 11.8 Å². The van der Waals surface area contributed by atoms with Crippen LogP contribution in [0.1, 0.15) is 30.4 Å². The first-order valence-corrected chi connectivity index (χ1v) is 10.3. The number of rotatable bonds is 7. The quantitative estimate of drug-likeness (QED) is 0.540. The number of allylic oxidation sites excluding steroid dienone is 1. The molecule has 2 heterocycles. The van der Waals surface area contributed by atoms with Gasteiger partial charge in [0.05, 0.1) is 18.0 Å². The number of aldehydes is 1. The van der Waals surface area contributed by atoms with Crippen molar-refractivity contribution in [2.24, 2.45) is 11.8 Å². The van der Waals surface area contributed by atoms with E-state index in [0.29, 0.717) is 37.2 Å². The summed E-state index contributed by atoms with van der Waals surface area (Å²) in [4.78, 5) is 37.8. The van der Waals surface area contributed by atoms with E-state index in [9.17, 15) is 14.4 Å². The van der Waals surface area contributed by atoms with E-state index in [1.165, 1.54) is 16.7 Å². The molecule has 2 N–H and O–H groups in total. The number of hydrogen-bond acceptors (Lipinski definition) is 6. The molecule has 6 heteroatoms. The minimum atomic E-state index is -0.595. The fourth-order valence-electron chi connectivity index (χ4n) is 4.63. The number of fused-ring (bicyclic) bond motifs is 1. The van der Waals surface area contributed by atoms with Gasteiger partial charge in [-0.05, 0) is 36.9 Å². The third-order valence-electron chi connectivity index (χ3n) is 6.14. The molecule has 1 aromatic rings. The summed E-state index contributed by atoms with van der Waals surface area (Å²) in [5, 5.41) is 6.18. The lowest BCUT2D eigenvalue weighted by Crippen LogP contribution is -2.46. The summed E-state index contributed by atoms with van der Waals surface area (Å²) in [5.41, 5.74) is 3.77. The van der Waals surface area contributed by atoms with Crippen LogP contribution in [0.15, 0.2) is 29.8 Å². The van der Waals surface area contributed by atoms with Crippen LogP contribution in [0.25, 0.3) is 6.08 Å². The molecule has 146 valence electrons. The molecule has 0 aromatic heterocycles. The smallest absolute Gasteiger partial charge is 0.155 e. The summed E-state index contributed by atoms with van der Waals surface area (Å²) >= 11 is 5.42. The highest BCUT2D eigenvalue weighted by atomic mass is 32.1. The first-order chi connectivity index (χ1) is 13.6. The Morgan fingerprint density at radius 3 is 2.82 bits per heavy atom. The summed E-state index contributed by atoms with van der Waals surface area (Å²) in [6.45, 7) is 1.05. The summed E-state index contributed by atoms with van der Waals surface area (Å²) < 4.78 is 0. The molecule has 1 aliphatic carbocycles. The Balaban J connectivity index is 1.40. The van der Waals surface area contributed by atoms with Gasteiger partial charge in [-0.1, -0.05) is 48.1 Å². The number of ketones is 2. The highest BCUT2D eigenvalue weighted by Crippen LogP contribution is 2.29.